The number of aromatic nitrogens is 1. The number of carbonyl (C=O) groups is 2. The van der Waals surface area contributed by atoms with Crippen LogP contribution in [0.4, 0.5) is 0 Å². The molecular weight excluding hydrogens is 194 g/mol. The van der Waals surface area contributed by atoms with Crippen LogP contribution < -0.4 is 10.6 Å². The molecule has 15 heavy (non-hydrogen) atoms. The van der Waals surface area contributed by atoms with Crippen LogP contribution in [0, 0.1) is 0 Å². The number of aromatic amines is 1. The van der Waals surface area contributed by atoms with E-state index in [9.17, 15) is 9.59 Å². The summed E-state index contributed by atoms with van der Waals surface area (Å²) in [6, 6.07) is 1.77. The normalized spacial score (nSPS) is 20.8. The van der Waals surface area contributed by atoms with E-state index in [1.807, 2.05) is 0 Å². The molecule has 1 aromatic heterocycles. The second kappa shape index (κ2) is 4.16. The van der Waals surface area contributed by atoms with Crippen molar-refractivity contribution < 1.29 is 9.59 Å². The minimum Gasteiger partial charge on any atom is -0.367 e. The molecular formula is C10H13N3O2. The summed E-state index contributed by atoms with van der Waals surface area (Å²) in [6.07, 6.45) is 4.55. The van der Waals surface area contributed by atoms with E-state index >= 15 is 0 Å². The van der Waals surface area contributed by atoms with E-state index in [2.05, 4.69) is 15.6 Å². The van der Waals surface area contributed by atoms with Gasteiger partial charge in [-0.05, 0) is 12.5 Å². The van der Waals surface area contributed by atoms with Gasteiger partial charge in [-0.2, -0.15) is 0 Å². The Morgan fingerprint density at radius 3 is 3.00 bits per heavy atom. The Balaban J connectivity index is 1.87. The lowest BCUT2D eigenvalue weighted by molar-refractivity contribution is -0.122. The standard InChI is InChI=1S/C10H13N3O2/c14-9-2-1-8(6-12-9)13-10(15)7-3-4-11-5-7/h3-5,8,11H,1-2,6H2,(H,12,14)(H,13,15)/t8-/m0/s1. The molecule has 0 unspecified atom stereocenters. The van der Waals surface area contributed by atoms with Gasteiger partial charge in [-0.1, -0.05) is 0 Å². The number of piperidine rings is 1. The fourth-order valence-electron chi connectivity index (χ4n) is 1.59. The molecule has 0 bridgehead atoms. The molecule has 0 radical (unpaired) electrons. The highest BCUT2D eigenvalue weighted by Gasteiger charge is 2.19. The number of nitrogens with one attached hydrogen (secondary N) is 3. The molecule has 0 aliphatic carbocycles. The van der Waals surface area contributed by atoms with Crippen LogP contribution >= 0.6 is 0 Å². The molecule has 1 atom stereocenters. The zero-order valence-corrected chi connectivity index (χ0v) is 8.25. The molecule has 1 aliphatic rings. The largest absolute Gasteiger partial charge is 0.367 e. The molecule has 0 aromatic carbocycles. The van der Waals surface area contributed by atoms with Crippen molar-refractivity contribution >= 4 is 11.8 Å². The predicted octanol–water partition coefficient (Wildman–Crippen LogP) is 0.0231. The van der Waals surface area contributed by atoms with Crippen molar-refractivity contribution in [2.75, 3.05) is 6.54 Å². The lowest BCUT2D eigenvalue weighted by Gasteiger charge is -2.23. The lowest BCUT2D eigenvalue weighted by Crippen LogP contribution is -2.47. The summed E-state index contributed by atoms with van der Waals surface area (Å²) in [6.45, 7) is 0.523. The predicted molar refractivity (Wildman–Crippen MR) is 54.3 cm³/mol. The molecule has 1 aromatic rings. The van der Waals surface area contributed by atoms with Gasteiger partial charge in [0.1, 0.15) is 0 Å². The molecule has 2 heterocycles. The van der Waals surface area contributed by atoms with Gasteiger partial charge in [0.05, 0.1) is 5.56 Å². The molecule has 1 aliphatic heterocycles. The van der Waals surface area contributed by atoms with Crippen LogP contribution in [0.2, 0.25) is 0 Å². The first-order valence-electron chi connectivity index (χ1n) is 4.96. The summed E-state index contributed by atoms with van der Waals surface area (Å²) in [5.74, 6) is -0.0421. The summed E-state index contributed by atoms with van der Waals surface area (Å²) in [4.78, 5) is 25.3. The van der Waals surface area contributed by atoms with E-state index in [1.165, 1.54) is 0 Å². The van der Waals surface area contributed by atoms with Gasteiger partial charge in [-0.15, -0.1) is 0 Å². The number of rotatable bonds is 2. The smallest absolute Gasteiger partial charge is 0.253 e. The zero-order chi connectivity index (χ0) is 10.7. The van der Waals surface area contributed by atoms with Gasteiger partial charge in [-0.3, -0.25) is 9.59 Å². The minimum absolute atomic E-state index is 0.0464. The molecule has 2 rings (SSSR count). The van der Waals surface area contributed by atoms with Crippen molar-refractivity contribution in [3.8, 4) is 0 Å². The van der Waals surface area contributed by atoms with Gasteiger partial charge in [0, 0.05) is 31.4 Å². The topological polar surface area (TPSA) is 74.0 Å². The summed E-state index contributed by atoms with van der Waals surface area (Å²) in [5, 5.41) is 5.59. The summed E-state index contributed by atoms with van der Waals surface area (Å²) in [5.41, 5.74) is 0.618. The molecule has 1 saturated heterocycles. The average Bonchev–Trinajstić information content (AvgIpc) is 2.74. The van der Waals surface area contributed by atoms with Gasteiger partial charge in [0.15, 0.2) is 0 Å². The summed E-state index contributed by atoms with van der Waals surface area (Å²) < 4.78 is 0. The maximum Gasteiger partial charge on any atom is 0.253 e. The van der Waals surface area contributed by atoms with Crippen molar-refractivity contribution in [1.29, 1.82) is 0 Å². The Kier molecular flexibility index (Phi) is 2.71. The first-order chi connectivity index (χ1) is 7.25. The van der Waals surface area contributed by atoms with Crippen molar-refractivity contribution in [3.63, 3.8) is 0 Å². The van der Waals surface area contributed by atoms with Crippen molar-refractivity contribution in [2.45, 2.75) is 18.9 Å². The van der Waals surface area contributed by atoms with Crippen molar-refractivity contribution in [1.82, 2.24) is 15.6 Å². The molecule has 0 spiro atoms. The quantitative estimate of drug-likeness (QED) is 0.639. The number of amides is 2. The lowest BCUT2D eigenvalue weighted by atomic mass is 10.1. The van der Waals surface area contributed by atoms with E-state index in [0.717, 1.165) is 0 Å². The number of hydrogen-bond donors (Lipinski definition) is 3. The Hall–Kier alpha value is -1.78. The SMILES string of the molecule is O=C1CC[C@H](NC(=O)c2cc[nH]c2)CN1. The van der Waals surface area contributed by atoms with Crippen LogP contribution in [-0.2, 0) is 4.79 Å². The second-order valence-electron chi connectivity index (χ2n) is 3.61. The van der Waals surface area contributed by atoms with Gasteiger partial charge >= 0.3 is 0 Å². The number of H-pyrrole nitrogens is 1. The average molecular weight is 207 g/mol. The third-order valence-corrected chi connectivity index (χ3v) is 2.46. The van der Waals surface area contributed by atoms with E-state index in [0.29, 0.717) is 24.9 Å². The van der Waals surface area contributed by atoms with Crippen LogP contribution in [0.25, 0.3) is 0 Å². The zero-order valence-electron chi connectivity index (χ0n) is 8.25. The third kappa shape index (κ3) is 2.37. The van der Waals surface area contributed by atoms with Crippen molar-refractivity contribution in [2.24, 2.45) is 0 Å². The Morgan fingerprint density at radius 2 is 2.40 bits per heavy atom. The first-order valence-corrected chi connectivity index (χ1v) is 4.96. The Labute approximate surface area is 87.2 Å². The van der Waals surface area contributed by atoms with Crippen LogP contribution in [-0.4, -0.2) is 29.4 Å². The molecule has 3 N–H and O–H groups in total. The highest BCUT2D eigenvalue weighted by atomic mass is 16.2. The van der Waals surface area contributed by atoms with Gasteiger partial charge in [-0.25, -0.2) is 0 Å². The Morgan fingerprint density at radius 1 is 1.53 bits per heavy atom. The maximum atomic E-state index is 11.6. The molecule has 2 amide bonds. The maximum absolute atomic E-state index is 11.6. The van der Waals surface area contributed by atoms with Gasteiger partial charge in [0.25, 0.3) is 5.91 Å². The van der Waals surface area contributed by atoms with Gasteiger partial charge in [0.2, 0.25) is 5.91 Å². The van der Waals surface area contributed by atoms with Crippen LogP contribution in [0.1, 0.15) is 23.2 Å². The van der Waals surface area contributed by atoms with E-state index in [-0.39, 0.29) is 17.9 Å². The van der Waals surface area contributed by atoms with Crippen LogP contribution in [0.3, 0.4) is 0 Å². The van der Waals surface area contributed by atoms with E-state index < -0.39 is 0 Å². The molecule has 5 nitrogen and oxygen atoms in total. The van der Waals surface area contributed by atoms with Crippen molar-refractivity contribution in [3.05, 3.63) is 24.0 Å². The molecule has 0 saturated carbocycles. The molecule has 1 fully saturated rings. The fourth-order valence-corrected chi connectivity index (χ4v) is 1.59. The molecule has 80 valence electrons. The highest BCUT2D eigenvalue weighted by molar-refractivity contribution is 5.94. The second-order valence-corrected chi connectivity index (χ2v) is 3.61. The third-order valence-electron chi connectivity index (χ3n) is 2.46. The minimum atomic E-state index is -0.0996. The molecule has 5 heteroatoms. The summed E-state index contributed by atoms with van der Waals surface area (Å²) >= 11 is 0. The monoisotopic (exact) mass is 207 g/mol. The summed E-state index contributed by atoms with van der Waals surface area (Å²) in [7, 11) is 0. The van der Waals surface area contributed by atoms with E-state index in [1.54, 1.807) is 18.5 Å². The Bertz CT molecular complexity index is 349. The van der Waals surface area contributed by atoms with E-state index in [4.69, 9.17) is 0 Å². The van der Waals surface area contributed by atoms with Gasteiger partial charge < -0.3 is 15.6 Å². The highest BCUT2D eigenvalue weighted by Crippen LogP contribution is 2.04. The van der Waals surface area contributed by atoms with Crippen LogP contribution in [0.5, 0.6) is 0 Å². The fraction of sp³-hybridized carbons (Fsp3) is 0.400. The first kappa shape index (κ1) is 9.76. The number of carbonyl (C=O) groups excluding carboxylic acids is 2. The number of hydrogen-bond acceptors (Lipinski definition) is 2. The van der Waals surface area contributed by atoms with Crippen LogP contribution in [0.15, 0.2) is 18.5 Å².